The molecule has 2 aromatic rings. The molecule has 0 saturated carbocycles. The highest BCUT2D eigenvalue weighted by Crippen LogP contribution is 2.22. The van der Waals surface area contributed by atoms with Crippen LogP contribution in [0.4, 0.5) is 4.39 Å². The van der Waals surface area contributed by atoms with Crippen LogP contribution in [0.15, 0.2) is 36.4 Å². The minimum atomic E-state index is -0.260. The topological polar surface area (TPSA) is 26.0 Å². The summed E-state index contributed by atoms with van der Waals surface area (Å²) >= 11 is 5.89. The zero-order valence-corrected chi connectivity index (χ0v) is 11.8. The summed E-state index contributed by atoms with van der Waals surface area (Å²) < 4.78 is 13.7. The van der Waals surface area contributed by atoms with Gasteiger partial charge in [-0.2, -0.15) is 0 Å². The zero-order chi connectivity index (χ0) is 14.0. The van der Waals surface area contributed by atoms with E-state index >= 15 is 0 Å². The minimum absolute atomic E-state index is 0.230. The lowest BCUT2D eigenvalue weighted by Crippen LogP contribution is -2.14. The number of nitrogens with two attached hydrogens (primary N) is 1. The van der Waals surface area contributed by atoms with E-state index in [1.165, 1.54) is 6.07 Å². The predicted molar refractivity (Wildman–Crippen MR) is 78.0 cm³/mol. The molecule has 0 aromatic heterocycles. The summed E-state index contributed by atoms with van der Waals surface area (Å²) in [7, 11) is 0. The number of rotatable bonds is 3. The minimum Gasteiger partial charge on any atom is -0.324 e. The van der Waals surface area contributed by atoms with E-state index in [0.29, 0.717) is 17.0 Å². The van der Waals surface area contributed by atoms with Gasteiger partial charge in [0.25, 0.3) is 0 Å². The third-order valence-electron chi connectivity index (χ3n) is 3.12. The summed E-state index contributed by atoms with van der Waals surface area (Å²) in [5.41, 5.74) is 10.1. The first-order valence-corrected chi connectivity index (χ1v) is 6.61. The lowest BCUT2D eigenvalue weighted by Gasteiger charge is -2.14. The number of aryl methyl sites for hydroxylation is 2. The quantitative estimate of drug-likeness (QED) is 0.887. The fourth-order valence-electron chi connectivity index (χ4n) is 2.28. The molecule has 0 heterocycles. The molecule has 0 spiro atoms. The van der Waals surface area contributed by atoms with Gasteiger partial charge in [-0.05, 0) is 49.6 Å². The van der Waals surface area contributed by atoms with Gasteiger partial charge < -0.3 is 5.73 Å². The average molecular weight is 278 g/mol. The van der Waals surface area contributed by atoms with Gasteiger partial charge >= 0.3 is 0 Å². The number of hydrogen-bond acceptors (Lipinski definition) is 1. The Morgan fingerprint density at radius 3 is 2.37 bits per heavy atom. The fraction of sp³-hybridized carbons (Fsp3) is 0.250. The van der Waals surface area contributed by atoms with Crippen molar-refractivity contribution in [2.24, 2.45) is 5.73 Å². The second-order valence-electron chi connectivity index (χ2n) is 4.97. The SMILES string of the molecule is Cc1cc(C)cc(C(N)Cc2cc(Cl)ccc2F)c1. The molecule has 2 N–H and O–H groups in total. The molecule has 0 amide bonds. The second kappa shape index (κ2) is 5.72. The molecular formula is C16H17ClFN. The molecule has 0 fully saturated rings. The summed E-state index contributed by atoms with van der Waals surface area (Å²) in [5, 5.41) is 0.532. The van der Waals surface area contributed by atoms with Crippen molar-refractivity contribution in [1.82, 2.24) is 0 Å². The highest BCUT2D eigenvalue weighted by atomic mass is 35.5. The molecule has 0 saturated heterocycles. The van der Waals surface area contributed by atoms with Crippen LogP contribution in [-0.4, -0.2) is 0 Å². The fourth-order valence-corrected chi connectivity index (χ4v) is 2.47. The largest absolute Gasteiger partial charge is 0.324 e. The van der Waals surface area contributed by atoms with Crippen molar-refractivity contribution in [3.05, 3.63) is 69.5 Å². The van der Waals surface area contributed by atoms with Gasteiger partial charge in [-0.15, -0.1) is 0 Å². The summed E-state index contributed by atoms with van der Waals surface area (Å²) in [5.74, 6) is -0.260. The maximum Gasteiger partial charge on any atom is 0.126 e. The van der Waals surface area contributed by atoms with Gasteiger partial charge in [-0.3, -0.25) is 0 Å². The standard InChI is InChI=1S/C16H17ClFN/c1-10-5-11(2)7-13(6-10)16(19)9-12-8-14(17)3-4-15(12)18/h3-8,16H,9,19H2,1-2H3. The Morgan fingerprint density at radius 2 is 1.74 bits per heavy atom. The Kier molecular flexibility index (Phi) is 4.23. The number of benzene rings is 2. The molecule has 0 aliphatic rings. The second-order valence-corrected chi connectivity index (χ2v) is 5.40. The Balaban J connectivity index is 2.25. The van der Waals surface area contributed by atoms with E-state index in [9.17, 15) is 4.39 Å². The molecule has 0 bridgehead atoms. The van der Waals surface area contributed by atoms with Crippen LogP contribution in [0.5, 0.6) is 0 Å². The highest BCUT2D eigenvalue weighted by molar-refractivity contribution is 6.30. The summed E-state index contributed by atoms with van der Waals surface area (Å²) in [6, 6.07) is 10.5. The Hall–Kier alpha value is -1.38. The average Bonchev–Trinajstić information content (AvgIpc) is 2.32. The van der Waals surface area contributed by atoms with Gasteiger partial charge in [-0.25, -0.2) is 4.39 Å². The van der Waals surface area contributed by atoms with Gasteiger partial charge in [0.05, 0.1) is 0 Å². The third-order valence-corrected chi connectivity index (χ3v) is 3.35. The van der Waals surface area contributed by atoms with E-state index in [0.717, 1.165) is 16.7 Å². The van der Waals surface area contributed by atoms with Gasteiger partial charge in [0.1, 0.15) is 5.82 Å². The molecule has 2 rings (SSSR count). The van der Waals surface area contributed by atoms with E-state index in [1.807, 2.05) is 26.0 Å². The van der Waals surface area contributed by atoms with Crippen molar-refractivity contribution in [2.75, 3.05) is 0 Å². The normalized spacial score (nSPS) is 12.5. The summed E-state index contributed by atoms with van der Waals surface area (Å²) in [6.07, 6.45) is 0.440. The van der Waals surface area contributed by atoms with Gasteiger partial charge in [0.2, 0.25) is 0 Å². The molecule has 0 radical (unpaired) electrons. The van der Waals surface area contributed by atoms with E-state index in [2.05, 4.69) is 6.07 Å². The van der Waals surface area contributed by atoms with Crippen molar-refractivity contribution < 1.29 is 4.39 Å². The lowest BCUT2D eigenvalue weighted by atomic mass is 9.96. The van der Waals surface area contributed by atoms with Crippen LogP contribution >= 0.6 is 11.6 Å². The Bertz CT molecular complexity index is 575. The molecule has 2 aromatic carbocycles. The van der Waals surface area contributed by atoms with Gasteiger partial charge in [0, 0.05) is 11.1 Å². The summed E-state index contributed by atoms with van der Waals surface area (Å²) in [4.78, 5) is 0. The molecule has 1 nitrogen and oxygen atoms in total. The van der Waals surface area contributed by atoms with Crippen molar-refractivity contribution in [1.29, 1.82) is 0 Å². The first kappa shape index (κ1) is 14.0. The van der Waals surface area contributed by atoms with Crippen LogP contribution in [0.3, 0.4) is 0 Å². The highest BCUT2D eigenvalue weighted by Gasteiger charge is 2.11. The van der Waals surface area contributed by atoms with Crippen molar-refractivity contribution in [2.45, 2.75) is 26.3 Å². The molecule has 0 aliphatic carbocycles. The zero-order valence-electron chi connectivity index (χ0n) is 11.1. The van der Waals surface area contributed by atoms with E-state index in [4.69, 9.17) is 17.3 Å². The summed E-state index contributed by atoms with van der Waals surface area (Å²) in [6.45, 7) is 4.06. The van der Waals surface area contributed by atoms with E-state index < -0.39 is 0 Å². The van der Waals surface area contributed by atoms with Crippen LogP contribution in [0.25, 0.3) is 0 Å². The molecule has 1 atom stereocenters. The van der Waals surface area contributed by atoms with Crippen molar-refractivity contribution in [3.8, 4) is 0 Å². The Morgan fingerprint density at radius 1 is 1.11 bits per heavy atom. The van der Waals surface area contributed by atoms with E-state index in [-0.39, 0.29) is 11.9 Å². The maximum atomic E-state index is 13.7. The van der Waals surface area contributed by atoms with Crippen LogP contribution < -0.4 is 5.73 Å². The number of halogens is 2. The van der Waals surface area contributed by atoms with Gasteiger partial charge in [-0.1, -0.05) is 40.9 Å². The molecular weight excluding hydrogens is 261 g/mol. The molecule has 19 heavy (non-hydrogen) atoms. The molecule has 100 valence electrons. The smallest absolute Gasteiger partial charge is 0.126 e. The molecule has 0 aliphatic heterocycles. The van der Waals surface area contributed by atoms with Crippen molar-refractivity contribution in [3.63, 3.8) is 0 Å². The van der Waals surface area contributed by atoms with Crippen LogP contribution in [0.1, 0.15) is 28.3 Å². The third kappa shape index (κ3) is 3.55. The maximum absolute atomic E-state index is 13.7. The predicted octanol–water partition coefficient (Wildman–Crippen LogP) is 4.34. The van der Waals surface area contributed by atoms with Crippen LogP contribution in [-0.2, 0) is 6.42 Å². The van der Waals surface area contributed by atoms with Crippen LogP contribution in [0.2, 0.25) is 5.02 Å². The first-order valence-electron chi connectivity index (χ1n) is 6.23. The Labute approximate surface area is 118 Å². The molecule has 3 heteroatoms. The van der Waals surface area contributed by atoms with E-state index in [1.54, 1.807) is 12.1 Å². The van der Waals surface area contributed by atoms with Gasteiger partial charge in [0.15, 0.2) is 0 Å². The molecule has 1 unspecified atom stereocenters. The number of hydrogen-bond donors (Lipinski definition) is 1. The first-order chi connectivity index (χ1) is 8.95. The monoisotopic (exact) mass is 277 g/mol. The lowest BCUT2D eigenvalue weighted by molar-refractivity contribution is 0.593. The van der Waals surface area contributed by atoms with Crippen LogP contribution in [0, 0.1) is 19.7 Å². The van der Waals surface area contributed by atoms with Crippen molar-refractivity contribution >= 4 is 11.6 Å².